The first-order chi connectivity index (χ1) is 11.6. The van der Waals surface area contributed by atoms with Gasteiger partial charge in [0.1, 0.15) is 4.90 Å². The van der Waals surface area contributed by atoms with Gasteiger partial charge >= 0.3 is 0 Å². The smallest absolute Gasteiger partial charge is 0.268 e. The highest BCUT2D eigenvalue weighted by atomic mass is 32.2. The standard InChI is InChI=1S/C18H21N3O2S/c1-2-3-13-19-18-20-16-11-7-8-12-17(16)24(22,23)21(18)14-15-9-5-4-6-10-15/h4-12H,2-3,13-14H2,1H3,(H,19,20). The fourth-order valence-electron chi connectivity index (χ4n) is 2.58. The summed E-state index contributed by atoms with van der Waals surface area (Å²) >= 11 is 0. The molecule has 2 aromatic carbocycles. The van der Waals surface area contributed by atoms with Crippen molar-refractivity contribution in [1.29, 1.82) is 0 Å². The molecule has 1 aliphatic rings. The summed E-state index contributed by atoms with van der Waals surface area (Å²) in [6, 6.07) is 16.5. The van der Waals surface area contributed by atoms with Crippen molar-refractivity contribution in [1.82, 2.24) is 4.31 Å². The van der Waals surface area contributed by atoms with E-state index in [0.29, 0.717) is 18.2 Å². The molecule has 24 heavy (non-hydrogen) atoms. The molecule has 0 amide bonds. The molecule has 2 aromatic rings. The summed E-state index contributed by atoms with van der Waals surface area (Å²) in [5.74, 6) is 0.394. The molecule has 0 aromatic heterocycles. The van der Waals surface area contributed by atoms with Crippen molar-refractivity contribution in [2.45, 2.75) is 31.2 Å². The molecule has 3 rings (SSSR count). The lowest BCUT2D eigenvalue weighted by Crippen LogP contribution is -2.44. The van der Waals surface area contributed by atoms with Gasteiger partial charge in [0.15, 0.2) is 0 Å². The lowest BCUT2D eigenvalue weighted by molar-refractivity contribution is 0.513. The van der Waals surface area contributed by atoms with Crippen LogP contribution in [-0.4, -0.2) is 25.2 Å². The Morgan fingerprint density at radius 3 is 2.50 bits per heavy atom. The summed E-state index contributed by atoms with van der Waals surface area (Å²) in [5.41, 5.74) is 1.50. The minimum atomic E-state index is -3.63. The lowest BCUT2D eigenvalue weighted by atomic mass is 10.2. The number of aliphatic imine (C=N–C) groups is 1. The Morgan fingerprint density at radius 1 is 1.04 bits per heavy atom. The van der Waals surface area contributed by atoms with E-state index in [1.54, 1.807) is 18.2 Å². The number of hydrogen-bond acceptors (Lipinski definition) is 3. The van der Waals surface area contributed by atoms with Crippen molar-refractivity contribution in [2.75, 3.05) is 11.9 Å². The first-order valence-corrected chi connectivity index (χ1v) is 9.54. The van der Waals surface area contributed by atoms with Crippen LogP contribution in [0.1, 0.15) is 25.3 Å². The Kier molecular flexibility index (Phi) is 4.85. The Bertz CT molecular complexity index is 832. The first kappa shape index (κ1) is 16.5. The van der Waals surface area contributed by atoms with Gasteiger partial charge in [0.2, 0.25) is 5.96 Å². The molecule has 0 radical (unpaired) electrons. The van der Waals surface area contributed by atoms with Crippen molar-refractivity contribution in [2.24, 2.45) is 4.99 Å². The second kappa shape index (κ2) is 7.05. The number of para-hydroxylation sites is 1. The van der Waals surface area contributed by atoms with Crippen LogP contribution in [0.25, 0.3) is 0 Å². The van der Waals surface area contributed by atoms with Crippen LogP contribution in [0.4, 0.5) is 5.69 Å². The molecule has 0 spiro atoms. The predicted octanol–water partition coefficient (Wildman–Crippen LogP) is 3.46. The molecule has 0 aliphatic carbocycles. The minimum Gasteiger partial charge on any atom is -0.324 e. The zero-order chi connectivity index (χ0) is 17.0. The monoisotopic (exact) mass is 343 g/mol. The average Bonchev–Trinajstić information content (AvgIpc) is 2.59. The maximum atomic E-state index is 13.1. The molecule has 0 atom stereocenters. The van der Waals surface area contributed by atoms with Gasteiger partial charge < -0.3 is 5.32 Å². The number of nitrogens with one attached hydrogen (secondary N) is 1. The fourth-order valence-corrected chi connectivity index (χ4v) is 4.12. The van der Waals surface area contributed by atoms with E-state index in [1.807, 2.05) is 36.4 Å². The molecule has 126 valence electrons. The van der Waals surface area contributed by atoms with Crippen LogP contribution < -0.4 is 5.32 Å². The van der Waals surface area contributed by atoms with Crippen LogP contribution in [0.2, 0.25) is 0 Å². The van der Waals surface area contributed by atoms with Crippen LogP contribution in [0, 0.1) is 0 Å². The van der Waals surface area contributed by atoms with Gasteiger partial charge in [-0.2, -0.15) is 0 Å². The highest BCUT2D eigenvalue weighted by molar-refractivity contribution is 7.90. The first-order valence-electron chi connectivity index (χ1n) is 8.10. The van der Waals surface area contributed by atoms with Crippen molar-refractivity contribution in [3.8, 4) is 0 Å². The zero-order valence-electron chi connectivity index (χ0n) is 13.6. The van der Waals surface area contributed by atoms with Gasteiger partial charge in [0, 0.05) is 6.54 Å². The number of fused-ring (bicyclic) bond motifs is 1. The van der Waals surface area contributed by atoms with Crippen LogP contribution >= 0.6 is 0 Å². The number of guanidine groups is 1. The maximum Gasteiger partial charge on any atom is 0.268 e. The third-order valence-corrected chi connectivity index (χ3v) is 5.67. The topological polar surface area (TPSA) is 61.8 Å². The fraction of sp³-hybridized carbons (Fsp3) is 0.278. The molecule has 0 saturated carbocycles. The molecule has 0 fully saturated rings. The lowest BCUT2D eigenvalue weighted by Gasteiger charge is -2.32. The van der Waals surface area contributed by atoms with Gasteiger partial charge in [-0.25, -0.2) is 12.7 Å². The third kappa shape index (κ3) is 3.28. The summed E-state index contributed by atoms with van der Waals surface area (Å²) < 4.78 is 27.5. The highest BCUT2D eigenvalue weighted by Gasteiger charge is 2.34. The minimum absolute atomic E-state index is 0.259. The van der Waals surface area contributed by atoms with Crippen molar-refractivity contribution >= 4 is 21.7 Å². The second-order valence-electron chi connectivity index (χ2n) is 5.68. The average molecular weight is 343 g/mol. The van der Waals surface area contributed by atoms with Crippen LogP contribution in [0.5, 0.6) is 0 Å². The highest BCUT2D eigenvalue weighted by Crippen LogP contribution is 2.30. The molecule has 1 aliphatic heterocycles. The Hall–Kier alpha value is -2.34. The number of sulfonamides is 1. The van der Waals surface area contributed by atoms with Gasteiger partial charge in [0.05, 0.1) is 12.2 Å². The summed E-state index contributed by atoms with van der Waals surface area (Å²) in [6.07, 6.45) is 1.94. The van der Waals surface area contributed by atoms with Gasteiger partial charge in [0.25, 0.3) is 10.0 Å². The maximum absolute atomic E-state index is 13.1. The third-order valence-electron chi connectivity index (χ3n) is 3.88. The number of anilines is 1. The number of hydrogen-bond donors (Lipinski definition) is 1. The van der Waals surface area contributed by atoms with Crippen LogP contribution in [0.15, 0.2) is 64.5 Å². The molecule has 1 N–H and O–H groups in total. The van der Waals surface area contributed by atoms with E-state index in [-0.39, 0.29) is 11.4 Å². The normalized spacial score (nSPS) is 17.4. The number of nitrogens with zero attached hydrogens (tertiary/aromatic N) is 2. The molecule has 1 heterocycles. The van der Waals surface area contributed by atoms with E-state index in [1.165, 1.54) is 4.31 Å². The summed E-state index contributed by atoms with van der Waals surface area (Å²) in [7, 11) is -3.63. The van der Waals surface area contributed by atoms with Crippen molar-refractivity contribution in [3.63, 3.8) is 0 Å². The Balaban J connectivity index is 2.01. The quantitative estimate of drug-likeness (QED) is 0.846. The number of benzene rings is 2. The summed E-state index contributed by atoms with van der Waals surface area (Å²) in [6.45, 7) is 2.94. The Labute approximate surface area is 143 Å². The van der Waals surface area contributed by atoms with Crippen molar-refractivity contribution in [3.05, 3.63) is 60.2 Å². The van der Waals surface area contributed by atoms with Crippen molar-refractivity contribution < 1.29 is 8.42 Å². The molecular formula is C18H21N3O2S. The van der Waals surface area contributed by atoms with E-state index in [2.05, 4.69) is 17.2 Å². The summed E-state index contributed by atoms with van der Waals surface area (Å²) in [4.78, 5) is 4.78. The van der Waals surface area contributed by atoms with Gasteiger partial charge in [-0.1, -0.05) is 55.8 Å². The Morgan fingerprint density at radius 2 is 1.75 bits per heavy atom. The van der Waals surface area contributed by atoms with E-state index >= 15 is 0 Å². The van der Waals surface area contributed by atoms with E-state index in [4.69, 9.17) is 0 Å². The second-order valence-corrected chi connectivity index (χ2v) is 7.51. The van der Waals surface area contributed by atoms with Gasteiger partial charge in [-0.15, -0.1) is 0 Å². The summed E-state index contributed by atoms with van der Waals surface area (Å²) in [5, 5.41) is 3.18. The number of rotatable bonds is 5. The molecule has 0 unspecified atom stereocenters. The molecule has 5 nitrogen and oxygen atoms in total. The molecule has 0 saturated heterocycles. The molecule has 6 heteroatoms. The largest absolute Gasteiger partial charge is 0.324 e. The molecule has 0 bridgehead atoms. The van der Waals surface area contributed by atoms with Crippen LogP contribution in [0.3, 0.4) is 0 Å². The van der Waals surface area contributed by atoms with Crippen LogP contribution in [-0.2, 0) is 16.6 Å². The SMILES string of the molecule is CCCCN=C1Nc2ccccc2S(=O)(=O)N1Cc1ccccc1. The predicted molar refractivity (Wildman–Crippen MR) is 96.4 cm³/mol. The van der Waals surface area contributed by atoms with Gasteiger partial charge in [-0.3, -0.25) is 4.99 Å². The molecular weight excluding hydrogens is 322 g/mol. The van der Waals surface area contributed by atoms with Gasteiger partial charge in [-0.05, 0) is 24.1 Å². The zero-order valence-corrected chi connectivity index (χ0v) is 14.5. The number of unbranched alkanes of at least 4 members (excludes halogenated alkanes) is 1. The van der Waals surface area contributed by atoms with E-state index in [9.17, 15) is 8.42 Å². The van der Waals surface area contributed by atoms with E-state index < -0.39 is 10.0 Å². The van der Waals surface area contributed by atoms with E-state index in [0.717, 1.165) is 18.4 Å².